The van der Waals surface area contributed by atoms with E-state index in [0.717, 1.165) is 25.7 Å². The van der Waals surface area contributed by atoms with Gasteiger partial charge in [-0.1, -0.05) is 25.3 Å². The van der Waals surface area contributed by atoms with Gasteiger partial charge in [-0.15, -0.1) is 0 Å². The van der Waals surface area contributed by atoms with Gasteiger partial charge in [-0.3, -0.25) is 14.9 Å². The number of amides is 1. The van der Waals surface area contributed by atoms with Gasteiger partial charge in [-0.25, -0.2) is 4.79 Å². The molecule has 0 heterocycles. The van der Waals surface area contributed by atoms with Gasteiger partial charge in [-0.05, 0) is 32.8 Å². The van der Waals surface area contributed by atoms with Crippen LogP contribution in [0.3, 0.4) is 0 Å². The largest absolute Gasteiger partial charge is 0.449 e. The first-order chi connectivity index (χ1) is 11.4. The molecule has 1 saturated carbocycles. The maximum atomic E-state index is 12.1. The fourth-order valence-electron chi connectivity index (χ4n) is 2.78. The number of ether oxygens (including phenoxy) is 1. The Morgan fingerprint density at radius 3 is 2.58 bits per heavy atom. The Bertz CT molecular complexity index is 638. The van der Waals surface area contributed by atoms with E-state index >= 15 is 0 Å². The standard InChI is InChI=1S/C17H22N2O5/c1-11-8-9-13(10-15(11)19(22)23)17(21)24-12(2)16(20)18-14-6-4-3-5-7-14/h8-10,12,14H,3-7H2,1-2H3,(H,18,20)/t12-/m1/s1. The van der Waals surface area contributed by atoms with Gasteiger partial charge < -0.3 is 10.1 Å². The maximum Gasteiger partial charge on any atom is 0.339 e. The fraction of sp³-hybridized carbons (Fsp3) is 0.529. The van der Waals surface area contributed by atoms with Gasteiger partial charge in [0.15, 0.2) is 6.10 Å². The number of carbonyl (C=O) groups is 2. The Hall–Kier alpha value is -2.44. The van der Waals surface area contributed by atoms with E-state index in [1.54, 1.807) is 6.92 Å². The minimum absolute atomic E-state index is 0.0598. The van der Waals surface area contributed by atoms with Crippen molar-refractivity contribution in [3.8, 4) is 0 Å². The number of hydrogen-bond acceptors (Lipinski definition) is 5. The normalized spacial score (nSPS) is 16.2. The first-order valence-corrected chi connectivity index (χ1v) is 8.15. The minimum atomic E-state index is -0.945. The average molecular weight is 334 g/mol. The summed E-state index contributed by atoms with van der Waals surface area (Å²) in [5.41, 5.74) is 0.369. The van der Waals surface area contributed by atoms with Crippen molar-refractivity contribution in [2.75, 3.05) is 0 Å². The Kier molecular flexibility index (Phi) is 5.89. The van der Waals surface area contributed by atoms with Gasteiger partial charge in [0.05, 0.1) is 10.5 Å². The van der Waals surface area contributed by atoms with E-state index in [4.69, 9.17) is 4.74 Å². The molecule has 0 saturated heterocycles. The lowest BCUT2D eigenvalue weighted by Gasteiger charge is -2.24. The molecule has 1 aliphatic rings. The molecule has 2 rings (SSSR count). The molecule has 1 N–H and O–H groups in total. The zero-order chi connectivity index (χ0) is 17.7. The second kappa shape index (κ2) is 7.90. The van der Waals surface area contributed by atoms with Crippen molar-refractivity contribution in [1.82, 2.24) is 5.32 Å². The summed E-state index contributed by atoms with van der Waals surface area (Å²) < 4.78 is 5.14. The third-order valence-electron chi connectivity index (χ3n) is 4.25. The fourth-order valence-corrected chi connectivity index (χ4v) is 2.78. The van der Waals surface area contributed by atoms with Crippen LogP contribution in [0.5, 0.6) is 0 Å². The number of nitro benzene ring substituents is 1. The van der Waals surface area contributed by atoms with E-state index in [9.17, 15) is 19.7 Å². The summed E-state index contributed by atoms with van der Waals surface area (Å²) in [5, 5.41) is 13.8. The van der Waals surface area contributed by atoms with E-state index in [0.29, 0.717) is 5.56 Å². The molecule has 0 spiro atoms. The summed E-state index contributed by atoms with van der Waals surface area (Å²) in [7, 11) is 0. The van der Waals surface area contributed by atoms with Crippen LogP contribution in [0.1, 0.15) is 54.9 Å². The van der Waals surface area contributed by atoms with Crippen LogP contribution < -0.4 is 5.32 Å². The highest BCUT2D eigenvalue weighted by Crippen LogP contribution is 2.20. The van der Waals surface area contributed by atoms with Crippen LogP contribution in [-0.4, -0.2) is 28.9 Å². The molecule has 7 nitrogen and oxygen atoms in total. The van der Waals surface area contributed by atoms with Gasteiger partial charge in [-0.2, -0.15) is 0 Å². The van der Waals surface area contributed by atoms with Crippen LogP contribution in [0.2, 0.25) is 0 Å². The number of nitrogens with zero attached hydrogens (tertiary/aromatic N) is 1. The molecule has 0 aliphatic heterocycles. The molecule has 0 unspecified atom stereocenters. The molecule has 1 amide bonds. The highest BCUT2D eigenvalue weighted by Gasteiger charge is 2.24. The van der Waals surface area contributed by atoms with Crippen molar-refractivity contribution in [3.63, 3.8) is 0 Å². The van der Waals surface area contributed by atoms with Gasteiger partial charge >= 0.3 is 5.97 Å². The van der Waals surface area contributed by atoms with E-state index in [-0.39, 0.29) is 23.2 Å². The predicted molar refractivity (Wildman–Crippen MR) is 87.7 cm³/mol. The summed E-state index contributed by atoms with van der Waals surface area (Å²) >= 11 is 0. The summed E-state index contributed by atoms with van der Waals surface area (Å²) in [6.45, 7) is 3.09. The Morgan fingerprint density at radius 1 is 1.29 bits per heavy atom. The highest BCUT2D eigenvalue weighted by atomic mass is 16.6. The number of aryl methyl sites for hydroxylation is 1. The summed E-state index contributed by atoms with van der Waals surface area (Å²) in [6, 6.07) is 4.24. The molecule has 1 aliphatic carbocycles. The lowest BCUT2D eigenvalue weighted by atomic mass is 9.95. The van der Waals surface area contributed by atoms with Crippen LogP contribution >= 0.6 is 0 Å². The van der Waals surface area contributed by atoms with Crippen molar-refractivity contribution in [2.24, 2.45) is 0 Å². The van der Waals surface area contributed by atoms with E-state index in [1.165, 1.54) is 31.5 Å². The molecule has 24 heavy (non-hydrogen) atoms. The molecular weight excluding hydrogens is 312 g/mol. The molecule has 1 atom stereocenters. The number of rotatable bonds is 5. The molecule has 0 bridgehead atoms. The monoisotopic (exact) mass is 334 g/mol. The van der Waals surface area contributed by atoms with Crippen LogP contribution in [0.15, 0.2) is 18.2 Å². The molecule has 1 fully saturated rings. The second-order valence-electron chi connectivity index (χ2n) is 6.15. The van der Waals surface area contributed by atoms with Gasteiger partial charge in [0.25, 0.3) is 11.6 Å². The number of carbonyl (C=O) groups excluding carboxylic acids is 2. The summed E-state index contributed by atoms with van der Waals surface area (Å²) in [4.78, 5) is 34.6. The van der Waals surface area contributed by atoms with E-state index in [2.05, 4.69) is 5.32 Å². The number of nitrogens with one attached hydrogen (secondary N) is 1. The third kappa shape index (κ3) is 4.53. The lowest BCUT2D eigenvalue weighted by Crippen LogP contribution is -2.42. The van der Waals surface area contributed by atoms with Gasteiger partial charge in [0, 0.05) is 17.7 Å². The minimum Gasteiger partial charge on any atom is -0.449 e. The molecule has 130 valence electrons. The quantitative estimate of drug-likeness (QED) is 0.507. The number of hydrogen-bond donors (Lipinski definition) is 1. The van der Waals surface area contributed by atoms with Crippen LogP contribution in [0.25, 0.3) is 0 Å². The molecule has 7 heteroatoms. The molecule has 1 aromatic carbocycles. The maximum absolute atomic E-state index is 12.1. The van der Waals surface area contributed by atoms with Gasteiger partial charge in [0.2, 0.25) is 0 Å². The topological polar surface area (TPSA) is 98.5 Å². The Morgan fingerprint density at radius 2 is 1.96 bits per heavy atom. The second-order valence-corrected chi connectivity index (χ2v) is 6.15. The third-order valence-corrected chi connectivity index (χ3v) is 4.25. The smallest absolute Gasteiger partial charge is 0.339 e. The lowest BCUT2D eigenvalue weighted by molar-refractivity contribution is -0.385. The molecular formula is C17H22N2O5. The van der Waals surface area contributed by atoms with Crippen LogP contribution in [0, 0.1) is 17.0 Å². The Balaban J connectivity index is 1.96. The SMILES string of the molecule is Cc1ccc(C(=O)O[C@H](C)C(=O)NC2CCCCC2)cc1[N+](=O)[O-]. The van der Waals surface area contributed by atoms with Crippen molar-refractivity contribution >= 4 is 17.6 Å². The van der Waals surface area contributed by atoms with Gasteiger partial charge in [0.1, 0.15) is 0 Å². The molecule has 0 aromatic heterocycles. The van der Waals surface area contributed by atoms with Crippen LogP contribution in [-0.2, 0) is 9.53 Å². The van der Waals surface area contributed by atoms with E-state index < -0.39 is 17.0 Å². The zero-order valence-electron chi connectivity index (χ0n) is 13.9. The highest BCUT2D eigenvalue weighted by molar-refractivity contribution is 5.93. The van der Waals surface area contributed by atoms with Crippen molar-refractivity contribution in [2.45, 2.75) is 58.1 Å². The predicted octanol–water partition coefficient (Wildman–Crippen LogP) is 2.90. The van der Waals surface area contributed by atoms with Crippen LogP contribution in [0.4, 0.5) is 5.69 Å². The number of esters is 1. The first-order valence-electron chi connectivity index (χ1n) is 8.15. The molecule has 1 aromatic rings. The van der Waals surface area contributed by atoms with Crippen molar-refractivity contribution in [3.05, 3.63) is 39.4 Å². The number of nitro groups is 1. The summed E-state index contributed by atoms with van der Waals surface area (Å²) in [5.74, 6) is -1.08. The molecule has 0 radical (unpaired) electrons. The summed E-state index contributed by atoms with van der Waals surface area (Å²) in [6.07, 6.45) is 4.30. The zero-order valence-corrected chi connectivity index (χ0v) is 13.9. The number of benzene rings is 1. The average Bonchev–Trinajstić information content (AvgIpc) is 2.55. The Labute approximate surface area is 140 Å². The van der Waals surface area contributed by atoms with Crippen molar-refractivity contribution in [1.29, 1.82) is 0 Å². The van der Waals surface area contributed by atoms with Crippen molar-refractivity contribution < 1.29 is 19.2 Å². The van der Waals surface area contributed by atoms with E-state index in [1.807, 2.05) is 0 Å². The first kappa shape index (κ1) is 17.9.